The van der Waals surface area contributed by atoms with Gasteiger partial charge in [0.2, 0.25) is 5.91 Å². The largest absolute Gasteiger partial charge is 0.481 e. The molecule has 1 aromatic heterocycles. The predicted octanol–water partition coefficient (Wildman–Crippen LogP) is 1.35. The van der Waals surface area contributed by atoms with Gasteiger partial charge in [-0.15, -0.1) is 0 Å². The number of amides is 1. The molecular formula is C16H17N3O3. The van der Waals surface area contributed by atoms with E-state index >= 15 is 0 Å². The lowest BCUT2D eigenvalue weighted by Crippen LogP contribution is -2.31. The summed E-state index contributed by atoms with van der Waals surface area (Å²) in [5, 5.41) is 13.2. The molecular weight excluding hydrogens is 282 g/mol. The molecule has 0 bridgehead atoms. The summed E-state index contributed by atoms with van der Waals surface area (Å²) in [5.74, 6) is -1.31. The smallest absolute Gasteiger partial charge is 0.308 e. The molecule has 0 saturated carbocycles. The molecule has 1 saturated heterocycles. The highest BCUT2D eigenvalue weighted by molar-refractivity contribution is 5.80. The highest BCUT2D eigenvalue weighted by Gasteiger charge is 2.30. The second-order valence-electron chi connectivity index (χ2n) is 5.47. The number of carbonyl (C=O) groups excluding carboxylic acids is 1. The van der Waals surface area contributed by atoms with Gasteiger partial charge < -0.3 is 10.0 Å². The van der Waals surface area contributed by atoms with E-state index in [0.717, 1.165) is 11.3 Å². The maximum absolute atomic E-state index is 12.2. The molecule has 1 aliphatic heterocycles. The number of carboxylic acid groups (broad SMARTS) is 1. The quantitative estimate of drug-likeness (QED) is 0.924. The summed E-state index contributed by atoms with van der Waals surface area (Å²) in [6, 6.07) is 9.67. The Kier molecular flexibility index (Phi) is 3.91. The molecule has 1 fully saturated rings. The molecule has 0 unspecified atom stereocenters. The number of aromatic nitrogens is 2. The fraction of sp³-hybridized carbons (Fsp3) is 0.312. The maximum atomic E-state index is 12.2. The molecule has 6 heteroatoms. The van der Waals surface area contributed by atoms with E-state index in [0.29, 0.717) is 19.5 Å². The Balaban J connectivity index is 1.63. The number of nitrogens with zero attached hydrogens (tertiary/aromatic N) is 3. The zero-order valence-corrected chi connectivity index (χ0v) is 12.1. The van der Waals surface area contributed by atoms with Crippen LogP contribution in [-0.4, -0.2) is 44.8 Å². The standard InChI is InChI=1S/C16H17N3O3/c20-15(18-7-6-13(11-18)16(21)22)8-12-9-17-19(10-12)14-4-2-1-3-5-14/h1-5,9-10,13H,6-8,11H2,(H,21,22)/t13-/m1/s1. The molecule has 0 aliphatic carbocycles. The van der Waals surface area contributed by atoms with Crippen molar-refractivity contribution in [2.45, 2.75) is 12.8 Å². The van der Waals surface area contributed by atoms with E-state index in [-0.39, 0.29) is 12.3 Å². The molecule has 1 aliphatic rings. The topological polar surface area (TPSA) is 75.4 Å². The summed E-state index contributed by atoms with van der Waals surface area (Å²) in [6.07, 6.45) is 4.29. The van der Waals surface area contributed by atoms with Crippen LogP contribution in [0.2, 0.25) is 0 Å². The zero-order chi connectivity index (χ0) is 15.5. The molecule has 2 heterocycles. The van der Waals surface area contributed by atoms with Crippen LogP contribution in [0, 0.1) is 5.92 Å². The van der Waals surface area contributed by atoms with Gasteiger partial charge in [0, 0.05) is 19.3 Å². The zero-order valence-electron chi connectivity index (χ0n) is 12.1. The van der Waals surface area contributed by atoms with Crippen molar-refractivity contribution >= 4 is 11.9 Å². The van der Waals surface area contributed by atoms with Crippen molar-refractivity contribution in [1.29, 1.82) is 0 Å². The van der Waals surface area contributed by atoms with Crippen molar-refractivity contribution in [2.24, 2.45) is 5.92 Å². The molecule has 0 radical (unpaired) electrons. The van der Waals surface area contributed by atoms with Crippen molar-refractivity contribution in [1.82, 2.24) is 14.7 Å². The normalized spacial score (nSPS) is 17.6. The number of carboxylic acids is 1. The summed E-state index contributed by atoms with van der Waals surface area (Å²) in [4.78, 5) is 24.8. The third kappa shape index (κ3) is 3.00. The second-order valence-corrected chi connectivity index (χ2v) is 5.47. The van der Waals surface area contributed by atoms with Gasteiger partial charge in [-0.1, -0.05) is 18.2 Å². The molecule has 1 amide bonds. The van der Waals surface area contributed by atoms with Crippen LogP contribution in [0.25, 0.3) is 5.69 Å². The van der Waals surface area contributed by atoms with Crippen molar-refractivity contribution in [3.63, 3.8) is 0 Å². The van der Waals surface area contributed by atoms with Crippen LogP contribution < -0.4 is 0 Å². The Morgan fingerprint density at radius 1 is 1.27 bits per heavy atom. The monoisotopic (exact) mass is 299 g/mol. The van der Waals surface area contributed by atoms with E-state index in [1.54, 1.807) is 15.8 Å². The molecule has 2 aromatic rings. The molecule has 3 rings (SSSR count). The average molecular weight is 299 g/mol. The van der Waals surface area contributed by atoms with Gasteiger partial charge in [0.1, 0.15) is 0 Å². The van der Waals surface area contributed by atoms with Crippen molar-refractivity contribution in [3.8, 4) is 5.69 Å². The van der Waals surface area contributed by atoms with E-state index in [1.807, 2.05) is 36.5 Å². The molecule has 1 aromatic carbocycles. The van der Waals surface area contributed by atoms with Gasteiger partial charge in [0.05, 0.1) is 24.2 Å². The molecule has 0 spiro atoms. The van der Waals surface area contributed by atoms with Gasteiger partial charge in [0.15, 0.2) is 0 Å². The van der Waals surface area contributed by atoms with Crippen LogP contribution in [0.5, 0.6) is 0 Å². The number of carbonyl (C=O) groups is 2. The summed E-state index contributed by atoms with van der Waals surface area (Å²) in [6.45, 7) is 0.823. The summed E-state index contributed by atoms with van der Waals surface area (Å²) in [5.41, 5.74) is 1.76. The highest BCUT2D eigenvalue weighted by atomic mass is 16.4. The first-order chi connectivity index (χ1) is 10.6. The minimum absolute atomic E-state index is 0.0450. The number of hydrogen-bond acceptors (Lipinski definition) is 3. The predicted molar refractivity (Wildman–Crippen MR) is 79.6 cm³/mol. The first-order valence-electron chi connectivity index (χ1n) is 7.23. The SMILES string of the molecule is O=C(O)[C@@H]1CCN(C(=O)Cc2cnn(-c3ccccc3)c2)C1. The number of rotatable bonds is 4. The van der Waals surface area contributed by atoms with Crippen LogP contribution in [0.4, 0.5) is 0 Å². The minimum Gasteiger partial charge on any atom is -0.481 e. The lowest BCUT2D eigenvalue weighted by atomic mass is 10.1. The maximum Gasteiger partial charge on any atom is 0.308 e. The van der Waals surface area contributed by atoms with E-state index < -0.39 is 11.9 Å². The van der Waals surface area contributed by atoms with E-state index in [1.165, 1.54) is 0 Å². The van der Waals surface area contributed by atoms with Crippen molar-refractivity contribution < 1.29 is 14.7 Å². The lowest BCUT2D eigenvalue weighted by Gasteiger charge is -2.14. The first-order valence-corrected chi connectivity index (χ1v) is 7.23. The number of aliphatic carboxylic acids is 1. The number of likely N-dealkylation sites (tertiary alicyclic amines) is 1. The molecule has 114 valence electrons. The Bertz CT molecular complexity index is 681. The number of benzene rings is 1. The third-order valence-electron chi connectivity index (χ3n) is 3.90. The van der Waals surface area contributed by atoms with Crippen LogP contribution in [0.1, 0.15) is 12.0 Å². The summed E-state index contributed by atoms with van der Waals surface area (Å²) in [7, 11) is 0. The second kappa shape index (κ2) is 6.01. The Labute approximate surface area is 128 Å². The molecule has 22 heavy (non-hydrogen) atoms. The summed E-state index contributed by atoms with van der Waals surface area (Å²) >= 11 is 0. The minimum atomic E-state index is -0.827. The van der Waals surface area contributed by atoms with Gasteiger partial charge in [-0.3, -0.25) is 9.59 Å². The Morgan fingerprint density at radius 2 is 2.05 bits per heavy atom. The van der Waals surface area contributed by atoms with E-state index in [2.05, 4.69) is 5.10 Å². The van der Waals surface area contributed by atoms with Crippen molar-refractivity contribution in [3.05, 3.63) is 48.3 Å². The fourth-order valence-corrected chi connectivity index (χ4v) is 2.65. The van der Waals surface area contributed by atoms with Gasteiger partial charge in [-0.2, -0.15) is 5.10 Å². The van der Waals surface area contributed by atoms with Crippen LogP contribution in [-0.2, 0) is 16.0 Å². The van der Waals surface area contributed by atoms with E-state index in [9.17, 15) is 9.59 Å². The Morgan fingerprint density at radius 3 is 2.73 bits per heavy atom. The van der Waals surface area contributed by atoms with Crippen LogP contribution in [0.15, 0.2) is 42.7 Å². The molecule has 1 N–H and O–H groups in total. The highest BCUT2D eigenvalue weighted by Crippen LogP contribution is 2.18. The number of hydrogen-bond donors (Lipinski definition) is 1. The van der Waals surface area contributed by atoms with Gasteiger partial charge >= 0.3 is 5.97 Å². The van der Waals surface area contributed by atoms with Crippen LogP contribution >= 0.6 is 0 Å². The molecule has 6 nitrogen and oxygen atoms in total. The third-order valence-corrected chi connectivity index (χ3v) is 3.90. The molecule has 1 atom stereocenters. The number of para-hydroxylation sites is 1. The fourth-order valence-electron chi connectivity index (χ4n) is 2.65. The van der Waals surface area contributed by atoms with Crippen molar-refractivity contribution in [2.75, 3.05) is 13.1 Å². The van der Waals surface area contributed by atoms with Crippen LogP contribution in [0.3, 0.4) is 0 Å². The Hall–Kier alpha value is -2.63. The van der Waals surface area contributed by atoms with Gasteiger partial charge in [-0.05, 0) is 24.1 Å². The average Bonchev–Trinajstić information content (AvgIpc) is 3.17. The first kappa shape index (κ1) is 14.3. The van der Waals surface area contributed by atoms with Gasteiger partial charge in [0.25, 0.3) is 0 Å². The van der Waals surface area contributed by atoms with Gasteiger partial charge in [-0.25, -0.2) is 4.68 Å². The van der Waals surface area contributed by atoms with E-state index in [4.69, 9.17) is 5.11 Å². The lowest BCUT2D eigenvalue weighted by molar-refractivity contribution is -0.141. The summed E-state index contributed by atoms with van der Waals surface area (Å²) < 4.78 is 1.73.